The molecule has 0 aliphatic carbocycles. The van der Waals surface area contributed by atoms with Crippen molar-refractivity contribution in [2.24, 2.45) is 0 Å². The molecule has 1 aromatic heterocycles. The molecule has 20 heavy (non-hydrogen) atoms. The summed E-state index contributed by atoms with van der Waals surface area (Å²) < 4.78 is 0. The van der Waals surface area contributed by atoms with Crippen molar-refractivity contribution in [1.29, 1.82) is 5.26 Å². The van der Waals surface area contributed by atoms with Crippen molar-refractivity contribution in [2.45, 2.75) is 24.8 Å². The van der Waals surface area contributed by atoms with Gasteiger partial charge < -0.3 is 4.90 Å². The third kappa shape index (κ3) is 2.35. The highest BCUT2D eigenvalue weighted by Crippen LogP contribution is 2.32. The second kappa shape index (κ2) is 5.70. The molecule has 3 rings (SSSR count). The van der Waals surface area contributed by atoms with Crippen LogP contribution in [0, 0.1) is 11.3 Å². The average molecular weight is 264 g/mol. The fraction of sp³-hybridized carbons (Fsp3) is 0.312. The van der Waals surface area contributed by atoms with Crippen LogP contribution < -0.4 is 4.90 Å². The summed E-state index contributed by atoms with van der Waals surface area (Å²) in [6.07, 6.45) is 5.59. The van der Waals surface area contributed by atoms with E-state index >= 15 is 0 Å². The molecule has 2 unspecified atom stereocenters. The Balaban J connectivity index is 1.90. The lowest BCUT2D eigenvalue weighted by molar-refractivity contribution is 0.602. The van der Waals surface area contributed by atoms with E-state index in [1.165, 1.54) is 0 Å². The predicted octanol–water partition coefficient (Wildman–Crippen LogP) is 2.75. The Hall–Kier alpha value is -2.41. The zero-order valence-corrected chi connectivity index (χ0v) is 11.2. The van der Waals surface area contributed by atoms with E-state index in [1.807, 2.05) is 36.4 Å². The van der Waals surface area contributed by atoms with E-state index in [0.29, 0.717) is 0 Å². The van der Waals surface area contributed by atoms with Crippen LogP contribution in [0.15, 0.2) is 48.8 Å². The van der Waals surface area contributed by atoms with E-state index in [2.05, 4.69) is 20.9 Å². The molecule has 2 atom stereocenters. The summed E-state index contributed by atoms with van der Waals surface area (Å²) >= 11 is 0. The molecule has 0 spiro atoms. The normalized spacial score (nSPS) is 19.6. The van der Waals surface area contributed by atoms with E-state index in [-0.39, 0.29) is 12.0 Å². The summed E-state index contributed by atoms with van der Waals surface area (Å²) in [6.45, 7) is 0.916. The number of hydrogen-bond acceptors (Lipinski definition) is 4. The number of benzene rings is 1. The van der Waals surface area contributed by atoms with Crippen LogP contribution in [-0.4, -0.2) is 22.6 Å². The summed E-state index contributed by atoms with van der Waals surface area (Å²) in [6, 6.07) is 14.4. The summed E-state index contributed by atoms with van der Waals surface area (Å²) in [5.74, 6) is 0.591. The maximum atomic E-state index is 9.59. The number of anilines is 1. The molecule has 1 aromatic carbocycles. The number of nitrogens with zero attached hydrogens (tertiary/aromatic N) is 4. The van der Waals surface area contributed by atoms with Crippen molar-refractivity contribution >= 4 is 5.95 Å². The Morgan fingerprint density at radius 2 is 1.90 bits per heavy atom. The van der Waals surface area contributed by atoms with Crippen molar-refractivity contribution in [3.63, 3.8) is 0 Å². The zero-order chi connectivity index (χ0) is 13.8. The molecule has 1 aliphatic rings. The first kappa shape index (κ1) is 12.6. The van der Waals surface area contributed by atoms with Gasteiger partial charge in [0, 0.05) is 18.9 Å². The van der Waals surface area contributed by atoms with Crippen molar-refractivity contribution in [2.75, 3.05) is 11.4 Å². The molecule has 2 heterocycles. The minimum Gasteiger partial charge on any atom is -0.336 e. The monoisotopic (exact) mass is 264 g/mol. The third-order valence-electron chi connectivity index (χ3n) is 3.79. The molecule has 0 amide bonds. The van der Waals surface area contributed by atoms with Crippen LogP contribution in [0.1, 0.15) is 24.3 Å². The molecule has 0 saturated carbocycles. The van der Waals surface area contributed by atoms with Gasteiger partial charge in [0.05, 0.1) is 18.0 Å². The highest BCUT2D eigenvalue weighted by molar-refractivity contribution is 5.38. The summed E-state index contributed by atoms with van der Waals surface area (Å²) in [5.41, 5.74) is 1.07. The van der Waals surface area contributed by atoms with Gasteiger partial charge >= 0.3 is 0 Å². The molecule has 1 fully saturated rings. The quantitative estimate of drug-likeness (QED) is 0.855. The fourth-order valence-corrected chi connectivity index (χ4v) is 2.87. The van der Waals surface area contributed by atoms with Crippen LogP contribution in [0.2, 0.25) is 0 Å². The zero-order valence-electron chi connectivity index (χ0n) is 11.2. The van der Waals surface area contributed by atoms with E-state index in [0.717, 1.165) is 30.9 Å². The molecule has 100 valence electrons. The van der Waals surface area contributed by atoms with Gasteiger partial charge in [-0.1, -0.05) is 30.3 Å². The third-order valence-corrected chi connectivity index (χ3v) is 3.79. The number of rotatable bonds is 3. The first-order valence-electron chi connectivity index (χ1n) is 6.88. The molecular weight excluding hydrogens is 248 g/mol. The smallest absolute Gasteiger partial charge is 0.225 e. The van der Waals surface area contributed by atoms with Gasteiger partial charge in [-0.25, -0.2) is 9.97 Å². The average Bonchev–Trinajstić information content (AvgIpc) is 2.99. The Morgan fingerprint density at radius 3 is 2.60 bits per heavy atom. The van der Waals surface area contributed by atoms with Crippen molar-refractivity contribution in [3.05, 3.63) is 54.4 Å². The maximum absolute atomic E-state index is 9.59. The van der Waals surface area contributed by atoms with Gasteiger partial charge in [-0.05, 0) is 24.5 Å². The number of nitriles is 1. The lowest BCUT2D eigenvalue weighted by atomic mass is 9.91. The molecule has 0 bridgehead atoms. The molecule has 0 N–H and O–H groups in total. The van der Waals surface area contributed by atoms with Gasteiger partial charge in [0.25, 0.3) is 0 Å². The maximum Gasteiger partial charge on any atom is 0.225 e. The van der Waals surface area contributed by atoms with Gasteiger partial charge in [-0.15, -0.1) is 0 Å². The predicted molar refractivity (Wildman–Crippen MR) is 77.2 cm³/mol. The first-order chi connectivity index (χ1) is 9.90. The van der Waals surface area contributed by atoms with Crippen molar-refractivity contribution in [1.82, 2.24) is 9.97 Å². The summed E-state index contributed by atoms with van der Waals surface area (Å²) in [4.78, 5) is 10.8. The van der Waals surface area contributed by atoms with Crippen LogP contribution in [0.3, 0.4) is 0 Å². The number of hydrogen-bond donors (Lipinski definition) is 0. The molecule has 4 nitrogen and oxygen atoms in total. The Bertz CT molecular complexity index is 591. The van der Waals surface area contributed by atoms with E-state index in [9.17, 15) is 5.26 Å². The second-order valence-electron chi connectivity index (χ2n) is 4.97. The van der Waals surface area contributed by atoms with E-state index in [4.69, 9.17) is 0 Å². The topological polar surface area (TPSA) is 52.8 Å². The van der Waals surface area contributed by atoms with Gasteiger partial charge in [0.15, 0.2) is 0 Å². The van der Waals surface area contributed by atoms with Gasteiger partial charge in [0.2, 0.25) is 5.95 Å². The van der Waals surface area contributed by atoms with Crippen molar-refractivity contribution in [3.8, 4) is 6.07 Å². The van der Waals surface area contributed by atoms with Crippen molar-refractivity contribution < 1.29 is 0 Å². The van der Waals surface area contributed by atoms with Gasteiger partial charge in [-0.2, -0.15) is 5.26 Å². The molecule has 1 aliphatic heterocycles. The molecular formula is C16H16N4. The van der Waals surface area contributed by atoms with Gasteiger partial charge in [0.1, 0.15) is 0 Å². The molecule has 2 aromatic rings. The SMILES string of the molecule is N#CC(c1ccccc1)C1CCCN1c1ncccn1. The second-order valence-corrected chi connectivity index (χ2v) is 4.97. The molecule has 4 heteroatoms. The minimum atomic E-state index is -0.137. The van der Waals surface area contributed by atoms with Gasteiger partial charge in [-0.3, -0.25) is 0 Å². The molecule has 1 saturated heterocycles. The lowest BCUT2D eigenvalue weighted by Gasteiger charge is -2.28. The standard InChI is InChI=1S/C16H16N4/c17-12-14(13-6-2-1-3-7-13)15-8-4-11-20(15)16-18-9-5-10-19-16/h1-3,5-7,9-10,14-15H,4,8,11H2. The van der Waals surface area contributed by atoms with E-state index in [1.54, 1.807) is 12.4 Å². The van der Waals surface area contributed by atoms with Crippen LogP contribution in [0.5, 0.6) is 0 Å². The Labute approximate surface area is 118 Å². The minimum absolute atomic E-state index is 0.137. The highest BCUT2D eigenvalue weighted by atomic mass is 15.3. The largest absolute Gasteiger partial charge is 0.336 e. The lowest BCUT2D eigenvalue weighted by Crippen LogP contribution is -2.35. The van der Waals surface area contributed by atoms with Crippen LogP contribution >= 0.6 is 0 Å². The fourth-order valence-electron chi connectivity index (χ4n) is 2.87. The highest BCUT2D eigenvalue weighted by Gasteiger charge is 2.34. The van der Waals surface area contributed by atoms with Crippen LogP contribution in [0.4, 0.5) is 5.95 Å². The van der Waals surface area contributed by atoms with Crippen LogP contribution in [-0.2, 0) is 0 Å². The van der Waals surface area contributed by atoms with E-state index < -0.39 is 0 Å². The first-order valence-corrected chi connectivity index (χ1v) is 6.88. The Kier molecular flexibility index (Phi) is 3.60. The molecule has 0 radical (unpaired) electrons. The summed E-state index contributed by atoms with van der Waals surface area (Å²) in [7, 11) is 0. The van der Waals surface area contributed by atoms with Crippen LogP contribution in [0.25, 0.3) is 0 Å². The Morgan fingerprint density at radius 1 is 1.15 bits per heavy atom. The summed E-state index contributed by atoms with van der Waals surface area (Å²) in [5, 5.41) is 9.59. The number of aromatic nitrogens is 2.